The minimum atomic E-state index is -1.22. The summed E-state index contributed by atoms with van der Waals surface area (Å²) in [4.78, 5) is 72.6. The van der Waals surface area contributed by atoms with Crippen molar-refractivity contribution in [2.75, 3.05) is 26.3 Å². The van der Waals surface area contributed by atoms with E-state index in [2.05, 4.69) is 22.5 Å². The summed E-state index contributed by atoms with van der Waals surface area (Å²) in [6.07, 6.45) is 0.474. The Balaban J connectivity index is 1.46. The molecule has 1 unspecified atom stereocenters. The first-order chi connectivity index (χ1) is 26.8. The number of amides is 2. The summed E-state index contributed by atoms with van der Waals surface area (Å²) in [5.74, 6) is 3.52. The van der Waals surface area contributed by atoms with Gasteiger partial charge in [-0.2, -0.15) is 0 Å². The summed E-state index contributed by atoms with van der Waals surface area (Å²) in [6, 6.07) is 9.21. The van der Waals surface area contributed by atoms with Crippen molar-refractivity contribution in [3.05, 3.63) is 63.7 Å². The molecule has 6 atom stereocenters. The number of nitro groups is 1. The number of carbonyl (C=O) groups is 5. The summed E-state index contributed by atoms with van der Waals surface area (Å²) in [6.45, 7) is 5.70. The van der Waals surface area contributed by atoms with E-state index in [1.165, 1.54) is 56.3 Å². The van der Waals surface area contributed by atoms with Crippen LogP contribution >= 0.6 is 0 Å². The highest BCUT2D eigenvalue weighted by Gasteiger charge is 2.45. The van der Waals surface area contributed by atoms with Crippen LogP contribution in [0.25, 0.3) is 0 Å². The van der Waals surface area contributed by atoms with E-state index in [4.69, 9.17) is 33.2 Å². The lowest BCUT2D eigenvalue weighted by molar-refractivity contribution is -0.384. The predicted molar refractivity (Wildman–Crippen MR) is 196 cm³/mol. The number of esters is 2. The van der Waals surface area contributed by atoms with Crippen molar-refractivity contribution in [1.82, 2.24) is 10.6 Å². The Morgan fingerprint density at radius 3 is 2.39 bits per heavy atom. The van der Waals surface area contributed by atoms with E-state index in [9.17, 15) is 34.1 Å². The minimum Gasteiger partial charge on any atom is -0.463 e. The van der Waals surface area contributed by atoms with Gasteiger partial charge in [0.2, 0.25) is 12.2 Å². The number of non-ortho nitro benzene ring substituents is 1. The van der Waals surface area contributed by atoms with E-state index in [-0.39, 0.29) is 79.5 Å². The second-order valence-corrected chi connectivity index (χ2v) is 13.3. The van der Waals surface area contributed by atoms with Crippen molar-refractivity contribution in [2.24, 2.45) is 11.8 Å². The lowest BCUT2D eigenvalue weighted by atomic mass is 9.83. The molecule has 17 heteroatoms. The van der Waals surface area contributed by atoms with Gasteiger partial charge < -0.3 is 43.8 Å². The van der Waals surface area contributed by atoms with Crippen LogP contribution in [0.2, 0.25) is 0 Å². The zero-order chi connectivity index (χ0) is 40.6. The summed E-state index contributed by atoms with van der Waals surface area (Å²) in [7, 11) is 0. The number of ether oxygens (including phenoxy) is 7. The van der Waals surface area contributed by atoms with Crippen LogP contribution in [0.1, 0.15) is 75.7 Å². The van der Waals surface area contributed by atoms with E-state index in [0.717, 1.165) is 32.1 Å². The van der Waals surface area contributed by atoms with E-state index < -0.39 is 47.4 Å². The molecule has 2 aromatic rings. The van der Waals surface area contributed by atoms with Crippen molar-refractivity contribution in [3.63, 3.8) is 0 Å². The molecule has 302 valence electrons. The van der Waals surface area contributed by atoms with Gasteiger partial charge in [-0.25, -0.2) is 4.79 Å². The average molecular weight is 782 g/mol. The molecule has 1 aliphatic heterocycles. The minimum absolute atomic E-state index is 0.0136. The molecule has 1 heterocycles. The molecule has 2 aliphatic rings. The van der Waals surface area contributed by atoms with Crippen molar-refractivity contribution >= 4 is 35.6 Å². The van der Waals surface area contributed by atoms with Crippen molar-refractivity contribution in [1.29, 1.82) is 0 Å². The molecule has 2 N–H and O–H groups in total. The molecule has 1 fully saturated rings. The SMILES string of the molecule is CC(=O)OC[C@H]1O[C@@H](Oc2ccc(COC(=O)Oc3ccc([N+](=O)[O-])cc3)cc2C(=O)NCCNC(=O)COC2C#CCCCCC2)[C@H](OC(C)=O)[C@@H](C)[C@@H]1C. The molecule has 0 spiro atoms. The van der Waals surface area contributed by atoms with Crippen LogP contribution < -0.4 is 20.1 Å². The van der Waals surface area contributed by atoms with Crippen LogP contribution in [-0.2, 0) is 44.7 Å². The maximum Gasteiger partial charge on any atom is 0.514 e. The normalized spacial score (nSPS) is 21.7. The summed E-state index contributed by atoms with van der Waals surface area (Å²) in [5, 5.41) is 16.3. The molecule has 0 aromatic heterocycles. The van der Waals surface area contributed by atoms with Gasteiger partial charge in [0.25, 0.3) is 11.6 Å². The fourth-order valence-corrected chi connectivity index (χ4v) is 5.88. The quantitative estimate of drug-likeness (QED) is 0.0460. The van der Waals surface area contributed by atoms with Gasteiger partial charge in [0.1, 0.15) is 37.4 Å². The highest BCUT2D eigenvalue weighted by molar-refractivity contribution is 5.97. The Morgan fingerprint density at radius 2 is 1.68 bits per heavy atom. The molecule has 4 rings (SSSR count). The fraction of sp³-hybridized carbons (Fsp3) is 0.513. The molecule has 2 aromatic carbocycles. The maximum atomic E-state index is 13.7. The Hall–Kier alpha value is -5.73. The predicted octanol–water partition coefficient (Wildman–Crippen LogP) is 4.38. The van der Waals surface area contributed by atoms with Gasteiger partial charge in [0.15, 0.2) is 6.10 Å². The number of nitrogens with one attached hydrogen (secondary N) is 2. The third-order valence-electron chi connectivity index (χ3n) is 9.08. The van der Waals surface area contributed by atoms with Crippen LogP contribution in [0, 0.1) is 33.8 Å². The smallest absolute Gasteiger partial charge is 0.463 e. The van der Waals surface area contributed by atoms with Crippen LogP contribution in [0.4, 0.5) is 10.5 Å². The number of carbonyl (C=O) groups excluding carboxylic acids is 5. The van der Waals surface area contributed by atoms with E-state index in [1.807, 2.05) is 13.8 Å². The van der Waals surface area contributed by atoms with Crippen LogP contribution in [0.15, 0.2) is 42.5 Å². The van der Waals surface area contributed by atoms with Gasteiger partial charge in [-0.05, 0) is 55.0 Å². The molecule has 1 aliphatic carbocycles. The first kappa shape index (κ1) is 43.0. The topological polar surface area (TPSA) is 217 Å². The Kier molecular flexibility index (Phi) is 16.4. The van der Waals surface area contributed by atoms with Gasteiger partial charge in [0.05, 0.1) is 16.6 Å². The zero-order valence-electron chi connectivity index (χ0n) is 31.7. The van der Waals surface area contributed by atoms with E-state index >= 15 is 0 Å². The van der Waals surface area contributed by atoms with E-state index in [0.29, 0.717) is 5.56 Å². The molecule has 2 amide bonds. The fourth-order valence-electron chi connectivity index (χ4n) is 5.88. The number of benzene rings is 2. The maximum absolute atomic E-state index is 13.7. The number of nitro benzene ring substituents is 1. The number of nitrogens with zero attached hydrogens (tertiary/aromatic N) is 1. The highest BCUT2D eigenvalue weighted by Crippen LogP contribution is 2.35. The molecule has 0 radical (unpaired) electrons. The molecule has 0 saturated carbocycles. The lowest BCUT2D eigenvalue weighted by Gasteiger charge is -2.43. The third-order valence-corrected chi connectivity index (χ3v) is 9.08. The van der Waals surface area contributed by atoms with Crippen molar-refractivity contribution < 1.29 is 62.1 Å². The molecular formula is C39H47N3O14. The van der Waals surface area contributed by atoms with Gasteiger partial charge in [0, 0.05) is 51.4 Å². The van der Waals surface area contributed by atoms with Gasteiger partial charge in [-0.15, -0.1) is 5.92 Å². The second-order valence-electron chi connectivity index (χ2n) is 13.3. The van der Waals surface area contributed by atoms with Crippen LogP contribution in [-0.4, -0.2) is 85.7 Å². The average Bonchev–Trinajstić information content (AvgIpc) is 3.14. The number of hydrogen-bond donors (Lipinski definition) is 2. The van der Waals surface area contributed by atoms with Gasteiger partial charge in [-0.1, -0.05) is 32.3 Å². The molecule has 0 bridgehead atoms. The van der Waals surface area contributed by atoms with Crippen molar-refractivity contribution in [3.8, 4) is 23.3 Å². The standard InChI is InChI=1S/C39H47N3O14/c1-24-25(2)36(53-27(4)44)38(56-34(24)22-50-26(3)43)55-33-17-12-28(21-52-39(47)54-31-15-13-29(14-16-31)42(48)49)20-32(33)37(46)41-19-18-40-35(45)23-51-30-10-8-6-5-7-9-11-30/h12-17,20,24-25,30,34,36,38H,5-8,10,18-19,21-23H2,1-4H3,(H,40,45)(H,41,46)/t24-,25-,30?,34+,36+,38+/m0/s1. The Morgan fingerprint density at radius 1 is 0.929 bits per heavy atom. The molecule has 56 heavy (non-hydrogen) atoms. The zero-order valence-corrected chi connectivity index (χ0v) is 31.7. The molecular weight excluding hydrogens is 734 g/mol. The molecule has 17 nitrogen and oxygen atoms in total. The van der Waals surface area contributed by atoms with E-state index in [1.54, 1.807) is 0 Å². The Labute approximate surface area is 324 Å². The van der Waals surface area contributed by atoms with Gasteiger partial charge >= 0.3 is 18.1 Å². The molecule has 1 saturated heterocycles. The summed E-state index contributed by atoms with van der Waals surface area (Å²) < 4.78 is 39.2. The number of hydrogen-bond acceptors (Lipinski definition) is 14. The Bertz CT molecular complexity index is 1770. The first-order valence-electron chi connectivity index (χ1n) is 18.3. The first-order valence-corrected chi connectivity index (χ1v) is 18.3. The largest absolute Gasteiger partial charge is 0.514 e. The van der Waals surface area contributed by atoms with Crippen LogP contribution in [0.3, 0.4) is 0 Å². The van der Waals surface area contributed by atoms with Crippen LogP contribution in [0.5, 0.6) is 11.5 Å². The summed E-state index contributed by atoms with van der Waals surface area (Å²) >= 11 is 0. The van der Waals surface area contributed by atoms with Crippen molar-refractivity contribution in [2.45, 2.75) is 91.0 Å². The highest BCUT2D eigenvalue weighted by atomic mass is 16.7. The van der Waals surface area contributed by atoms with Gasteiger partial charge in [-0.3, -0.25) is 29.3 Å². The summed E-state index contributed by atoms with van der Waals surface area (Å²) in [5.41, 5.74) is 0.148. The second kappa shape index (κ2) is 21.4. The third kappa shape index (κ3) is 13.5. The number of rotatable bonds is 16. The lowest BCUT2D eigenvalue weighted by Crippen LogP contribution is -2.54. The monoisotopic (exact) mass is 781 g/mol.